The van der Waals surface area contributed by atoms with Gasteiger partial charge in [-0.3, -0.25) is 0 Å². The molecule has 1 rings (SSSR count). The fourth-order valence-electron chi connectivity index (χ4n) is 2.29. The Labute approximate surface area is 125 Å². The Kier molecular flexibility index (Phi) is 12.2. The minimum absolute atomic E-state index is 0. The van der Waals surface area contributed by atoms with E-state index in [0.29, 0.717) is 0 Å². The number of hydrogen-bond acceptors (Lipinski definition) is 1. The number of aryl methyl sites for hydroxylation is 1. The second-order valence-electron chi connectivity index (χ2n) is 5.51. The molecule has 0 saturated carbocycles. The summed E-state index contributed by atoms with van der Waals surface area (Å²) >= 11 is 0. The standard InChI is InChI=1S/C17H29N.ClH/c1-18(2)16-12-7-5-3-4-6-9-13-17-14-10-8-11-15-17;/h8,10-11,14-15H,3-7,9,12-13,16H2,1-2H3;1H. The molecule has 0 aliphatic heterocycles. The molecule has 0 N–H and O–H groups in total. The number of unbranched alkanes of at least 4 members (excludes halogenated alkanes) is 6. The van der Waals surface area contributed by atoms with E-state index in [4.69, 9.17) is 0 Å². The van der Waals surface area contributed by atoms with Gasteiger partial charge in [-0.25, -0.2) is 0 Å². The van der Waals surface area contributed by atoms with Crippen molar-refractivity contribution in [1.29, 1.82) is 0 Å². The lowest BCUT2D eigenvalue weighted by Crippen LogP contribution is -2.12. The zero-order valence-corrected chi connectivity index (χ0v) is 13.4. The van der Waals surface area contributed by atoms with Gasteiger partial charge in [-0.1, -0.05) is 62.4 Å². The lowest BCUT2D eigenvalue weighted by Gasteiger charge is -2.08. The summed E-state index contributed by atoms with van der Waals surface area (Å²) in [6, 6.07) is 10.8. The van der Waals surface area contributed by atoms with Gasteiger partial charge >= 0.3 is 0 Å². The van der Waals surface area contributed by atoms with Gasteiger partial charge in [-0.15, -0.1) is 12.4 Å². The molecule has 0 radical (unpaired) electrons. The van der Waals surface area contributed by atoms with Gasteiger partial charge in [0.15, 0.2) is 0 Å². The highest BCUT2D eigenvalue weighted by Crippen LogP contribution is 2.10. The summed E-state index contributed by atoms with van der Waals surface area (Å²) < 4.78 is 0. The first-order valence-corrected chi connectivity index (χ1v) is 7.47. The van der Waals surface area contributed by atoms with Crippen LogP contribution in [0.2, 0.25) is 0 Å². The fraction of sp³-hybridized carbons (Fsp3) is 0.647. The Morgan fingerprint density at radius 1 is 0.737 bits per heavy atom. The van der Waals surface area contributed by atoms with E-state index in [-0.39, 0.29) is 12.4 Å². The van der Waals surface area contributed by atoms with Crippen LogP contribution in [0.15, 0.2) is 30.3 Å². The predicted octanol–water partition coefficient (Wildman–Crippen LogP) is 4.94. The molecule has 0 atom stereocenters. The van der Waals surface area contributed by atoms with Crippen molar-refractivity contribution in [3.8, 4) is 0 Å². The van der Waals surface area contributed by atoms with Gasteiger partial charge in [0, 0.05) is 0 Å². The average molecular weight is 284 g/mol. The van der Waals surface area contributed by atoms with Gasteiger partial charge in [0.2, 0.25) is 0 Å². The first kappa shape index (κ1) is 18.5. The van der Waals surface area contributed by atoms with E-state index in [0.717, 1.165) is 0 Å². The average Bonchev–Trinajstić information content (AvgIpc) is 2.37. The largest absolute Gasteiger partial charge is 0.309 e. The summed E-state index contributed by atoms with van der Waals surface area (Å²) in [7, 11) is 4.31. The second-order valence-corrected chi connectivity index (χ2v) is 5.51. The Bertz CT molecular complexity index is 285. The Morgan fingerprint density at radius 3 is 1.84 bits per heavy atom. The molecule has 0 aromatic heterocycles. The number of hydrogen-bond donors (Lipinski definition) is 0. The molecule has 0 spiro atoms. The van der Waals surface area contributed by atoms with Crippen LogP contribution in [0.4, 0.5) is 0 Å². The summed E-state index contributed by atoms with van der Waals surface area (Å²) in [5.41, 5.74) is 1.49. The van der Waals surface area contributed by atoms with Crippen molar-refractivity contribution >= 4 is 12.4 Å². The van der Waals surface area contributed by atoms with E-state index in [9.17, 15) is 0 Å². The highest BCUT2D eigenvalue weighted by molar-refractivity contribution is 5.85. The highest BCUT2D eigenvalue weighted by atomic mass is 35.5. The van der Waals surface area contributed by atoms with Crippen molar-refractivity contribution in [2.24, 2.45) is 0 Å². The molecule has 110 valence electrons. The maximum Gasteiger partial charge on any atom is -0.00248 e. The number of rotatable bonds is 10. The molecule has 0 aliphatic carbocycles. The van der Waals surface area contributed by atoms with Crippen LogP contribution in [0.1, 0.15) is 50.5 Å². The van der Waals surface area contributed by atoms with E-state index in [1.807, 2.05) is 0 Å². The minimum Gasteiger partial charge on any atom is -0.309 e. The van der Waals surface area contributed by atoms with E-state index in [1.165, 1.54) is 63.5 Å². The molecule has 0 amide bonds. The van der Waals surface area contributed by atoms with E-state index in [1.54, 1.807) is 0 Å². The first-order valence-electron chi connectivity index (χ1n) is 7.47. The molecular formula is C17H30ClN. The Hall–Kier alpha value is -0.530. The van der Waals surface area contributed by atoms with Crippen molar-refractivity contribution in [1.82, 2.24) is 4.90 Å². The lowest BCUT2D eigenvalue weighted by molar-refractivity contribution is 0.389. The molecule has 0 fully saturated rings. The zero-order chi connectivity index (χ0) is 13.1. The molecule has 1 aromatic carbocycles. The fourth-order valence-corrected chi connectivity index (χ4v) is 2.29. The van der Waals surface area contributed by atoms with Crippen LogP contribution in [0.3, 0.4) is 0 Å². The van der Waals surface area contributed by atoms with Crippen LogP contribution in [0.25, 0.3) is 0 Å². The van der Waals surface area contributed by atoms with Gasteiger partial charge in [0.25, 0.3) is 0 Å². The first-order chi connectivity index (χ1) is 8.79. The number of nitrogens with zero attached hydrogens (tertiary/aromatic N) is 1. The van der Waals surface area contributed by atoms with Crippen molar-refractivity contribution in [3.05, 3.63) is 35.9 Å². The van der Waals surface area contributed by atoms with Crippen molar-refractivity contribution in [3.63, 3.8) is 0 Å². The normalized spacial score (nSPS) is 10.5. The van der Waals surface area contributed by atoms with Crippen LogP contribution in [0.5, 0.6) is 0 Å². The number of halogens is 1. The third-order valence-corrected chi connectivity index (χ3v) is 3.41. The van der Waals surface area contributed by atoms with Crippen LogP contribution < -0.4 is 0 Å². The topological polar surface area (TPSA) is 3.24 Å². The van der Waals surface area contributed by atoms with Gasteiger partial charge < -0.3 is 4.90 Å². The zero-order valence-electron chi connectivity index (χ0n) is 12.6. The number of benzene rings is 1. The van der Waals surface area contributed by atoms with Crippen molar-refractivity contribution < 1.29 is 0 Å². The Balaban J connectivity index is 0.00000324. The van der Waals surface area contributed by atoms with Gasteiger partial charge in [0.05, 0.1) is 0 Å². The van der Waals surface area contributed by atoms with Crippen molar-refractivity contribution in [2.75, 3.05) is 20.6 Å². The molecule has 0 heterocycles. The van der Waals surface area contributed by atoms with Crippen LogP contribution in [-0.4, -0.2) is 25.5 Å². The highest BCUT2D eigenvalue weighted by Gasteiger charge is 1.94. The summed E-state index contributed by atoms with van der Waals surface area (Å²) in [4.78, 5) is 2.28. The molecule has 0 unspecified atom stereocenters. The summed E-state index contributed by atoms with van der Waals surface area (Å²) in [6.45, 7) is 1.24. The molecule has 0 bridgehead atoms. The molecule has 0 aliphatic rings. The van der Waals surface area contributed by atoms with E-state index < -0.39 is 0 Å². The molecular weight excluding hydrogens is 254 g/mol. The monoisotopic (exact) mass is 283 g/mol. The molecule has 2 heteroatoms. The molecule has 1 nitrogen and oxygen atoms in total. The molecule has 19 heavy (non-hydrogen) atoms. The summed E-state index contributed by atoms with van der Waals surface area (Å²) in [6.07, 6.45) is 11.0. The second kappa shape index (κ2) is 12.5. The van der Waals surface area contributed by atoms with Crippen molar-refractivity contribution in [2.45, 2.75) is 51.4 Å². The quantitative estimate of drug-likeness (QED) is 0.550. The van der Waals surface area contributed by atoms with E-state index in [2.05, 4.69) is 49.3 Å². The third kappa shape index (κ3) is 11.0. The third-order valence-electron chi connectivity index (χ3n) is 3.41. The maximum absolute atomic E-state index is 2.28. The maximum atomic E-state index is 2.28. The van der Waals surface area contributed by atoms with Crippen LogP contribution in [0, 0.1) is 0 Å². The van der Waals surface area contributed by atoms with Crippen LogP contribution >= 0.6 is 12.4 Å². The summed E-state index contributed by atoms with van der Waals surface area (Å²) in [5, 5.41) is 0. The summed E-state index contributed by atoms with van der Waals surface area (Å²) in [5.74, 6) is 0. The van der Waals surface area contributed by atoms with Gasteiger partial charge in [-0.05, 0) is 45.5 Å². The smallest absolute Gasteiger partial charge is 0.00248 e. The molecule has 1 aromatic rings. The minimum atomic E-state index is 0. The SMILES string of the molecule is CN(C)CCCCCCCCCc1ccccc1.Cl. The lowest BCUT2D eigenvalue weighted by atomic mass is 10.0. The van der Waals surface area contributed by atoms with Gasteiger partial charge in [-0.2, -0.15) is 0 Å². The Morgan fingerprint density at radius 2 is 1.26 bits per heavy atom. The van der Waals surface area contributed by atoms with Crippen LogP contribution in [-0.2, 0) is 6.42 Å². The van der Waals surface area contributed by atoms with Gasteiger partial charge in [0.1, 0.15) is 0 Å². The predicted molar refractivity (Wildman–Crippen MR) is 88.3 cm³/mol. The molecule has 0 saturated heterocycles. The van der Waals surface area contributed by atoms with E-state index >= 15 is 0 Å².